The van der Waals surface area contributed by atoms with Crippen LogP contribution in [0.15, 0.2) is 0 Å². The van der Waals surface area contributed by atoms with Crippen LogP contribution in [0.1, 0.15) is 38.5 Å². The number of piperidine rings is 1. The maximum atomic E-state index is 6.21. The Morgan fingerprint density at radius 2 is 2.17 bits per heavy atom. The molecule has 1 heterocycles. The molecule has 1 unspecified atom stereocenters. The van der Waals surface area contributed by atoms with Crippen LogP contribution in [0.25, 0.3) is 0 Å². The first-order chi connectivity index (χ1) is 5.79. The summed E-state index contributed by atoms with van der Waals surface area (Å²) in [5.74, 6) is 0.865. The van der Waals surface area contributed by atoms with Gasteiger partial charge < -0.3 is 11.1 Å². The maximum Gasteiger partial charge on any atom is 0.0157 e. The lowest BCUT2D eigenvalue weighted by Crippen LogP contribution is -2.49. The highest BCUT2D eigenvalue weighted by Crippen LogP contribution is 2.36. The molecule has 2 nitrogen and oxygen atoms in total. The lowest BCUT2D eigenvalue weighted by atomic mass is 9.71. The van der Waals surface area contributed by atoms with E-state index in [1.54, 1.807) is 0 Å². The Hall–Kier alpha value is -0.0800. The minimum Gasteiger partial charge on any atom is -0.325 e. The van der Waals surface area contributed by atoms with Gasteiger partial charge in [-0.2, -0.15) is 0 Å². The van der Waals surface area contributed by atoms with Crippen molar-refractivity contribution in [3.63, 3.8) is 0 Å². The maximum absolute atomic E-state index is 6.21. The fraction of sp³-hybridized carbons (Fsp3) is 1.00. The molecular weight excluding hydrogens is 148 g/mol. The van der Waals surface area contributed by atoms with E-state index in [0.717, 1.165) is 5.92 Å². The van der Waals surface area contributed by atoms with Crippen molar-refractivity contribution in [1.29, 1.82) is 0 Å². The first-order valence-corrected chi connectivity index (χ1v) is 5.28. The zero-order chi connectivity index (χ0) is 8.44. The molecule has 0 aromatic carbocycles. The summed E-state index contributed by atoms with van der Waals surface area (Å²) in [6, 6.07) is 0. The van der Waals surface area contributed by atoms with Crippen LogP contribution < -0.4 is 11.1 Å². The summed E-state index contributed by atoms with van der Waals surface area (Å²) in [6.45, 7) is 2.42. The topological polar surface area (TPSA) is 38.0 Å². The zero-order valence-electron chi connectivity index (χ0n) is 7.81. The summed E-state index contributed by atoms with van der Waals surface area (Å²) >= 11 is 0. The summed E-state index contributed by atoms with van der Waals surface area (Å²) in [5, 5.41) is 3.45. The molecule has 3 N–H and O–H groups in total. The molecule has 1 aliphatic carbocycles. The van der Waals surface area contributed by atoms with E-state index in [9.17, 15) is 0 Å². The van der Waals surface area contributed by atoms with E-state index in [1.165, 1.54) is 51.6 Å². The summed E-state index contributed by atoms with van der Waals surface area (Å²) in [7, 11) is 0. The Morgan fingerprint density at radius 1 is 1.33 bits per heavy atom. The van der Waals surface area contributed by atoms with Gasteiger partial charge in [0, 0.05) is 5.54 Å². The molecule has 70 valence electrons. The molecule has 0 spiro atoms. The van der Waals surface area contributed by atoms with E-state index in [0.29, 0.717) is 0 Å². The number of nitrogens with two attached hydrogens (primary N) is 1. The lowest BCUT2D eigenvalue weighted by molar-refractivity contribution is 0.179. The molecule has 0 bridgehead atoms. The van der Waals surface area contributed by atoms with Crippen molar-refractivity contribution in [3.05, 3.63) is 0 Å². The molecule has 1 saturated heterocycles. The second-order valence-corrected chi connectivity index (χ2v) is 4.63. The molecule has 2 fully saturated rings. The van der Waals surface area contributed by atoms with E-state index >= 15 is 0 Å². The van der Waals surface area contributed by atoms with Crippen LogP contribution in [0.5, 0.6) is 0 Å². The van der Waals surface area contributed by atoms with Gasteiger partial charge in [-0.05, 0) is 57.5 Å². The van der Waals surface area contributed by atoms with Crippen LogP contribution in [0.3, 0.4) is 0 Å². The molecule has 1 aliphatic heterocycles. The molecule has 12 heavy (non-hydrogen) atoms. The van der Waals surface area contributed by atoms with Gasteiger partial charge in [0.25, 0.3) is 0 Å². The van der Waals surface area contributed by atoms with E-state index in [-0.39, 0.29) is 5.54 Å². The van der Waals surface area contributed by atoms with Crippen molar-refractivity contribution in [2.45, 2.75) is 44.1 Å². The van der Waals surface area contributed by atoms with Gasteiger partial charge in [-0.15, -0.1) is 0 Å². The van der Waals surface area contributed by atoms with Gasteiger partial charge in [-0.25, -0.2) is 0 Å². The van der Waals surface area contributed by atoms with Gasteiger partial charge >= 0.3 is 0 Å². The average molecular weight is 168 g/mol. The van der Waals surface area contributed by atoms with Crippen LogP contribution in [-0.2, 0) is 0 Å². The van der Waals surface area contributed by atoms with Crippen LogP contribution in [0.4, 0.5) is 0 Å². The molecule has 1 saturated carbocycles. The van der Waals surface area contributed by atoms with Crippen molar-refractivity contribution < 1.29 is 0 Å². The molecule has 0 amide bonds. The molecule has 2 rings (SSSR count). The number of hydrogen-bond donors (Lipinski definition) is 2. The molecule has 0 aromatic heterocycles. The summed E-state index contributed by atoms with van der Waals surface area (Å²) in [4.78, 5) is 0. The predicted octanol–water partition coefficient (Wildman–Crippen LogP) is 1.26. The third kappa shape index (κ3) is 1.80. The summed E-state index contributed by atoms with van der Waals surface area (Å²) < 4.78 is 0. The van der Waals surface area contributed by atoms with Gasteiger partial charge in [0.05, 0.1) is 0 Å². The van der Waals surface area contributed by atoms with Gasteiger partial charge in [0.2, 0.25) is 0 Å². The van der Waals surface area contributed by atoms with Crippen LogP contribution in [0.2, 0.25) is 0 Å². The SMILES string of the molecule is NC1(CC2CCCNC2)CCC1. The van der Waals surface area contributed by atoms with Crippen LogP contribution in [0, 0.1) is 5.92 Å². The first-order valence-electron chi connectivity index (χ1n) is 5.28. The highest BCUT2D eigenvalue weighted by Gasteiger charge is 2.34. The Balaban J connectivity index is 1.77. The highest BCUT2D eigenvalue weighted by atomic mass is 14.9. The first kappa shape index (κ1) is 8.52. The molecule has 1 atom stereocenters. The number of nitrogens with one attached hydrogen (secondary N) is 1. The molecule has 2 heteroatoms. The van der Waals surface area contributed by atoms with E-state index < -0.39 is 0 Å². The van der Waals surface area contributed by atoms with Gasteiger partial charge in [0.1, 0.15) is 0 Å². The van der Waals surface area contributed by atoms with Gasteiger partial charge in [-0.1, -0.05) is 0 Å². The summed E-state index contributed by atoms with van der Waals surface area (Å²) in [6.07, 6.45) is 7.90. The fourth-order valence-corrected chi connectivity index (χ4v) is 2.51. The van der Waals surface area contributed by atoms with Crippen molar-refractivity contribution >= 4 is 0 Å². The third-order valence-corrected chi connectivity index (χ3v) is 3.44. The van der Waals surface area contributed by atoms with E-state index in [4.69, 9.17) is 5.73 Å². The minimum atomic E-state index is 0.240. The largest absolute Gasteiger partial charge is 0.325 e. The predicted molar refractivity (Wildman–Crippen MR) is 51.0 cm³/mol. The smallest absolute Gasteiger partial charge is 0.0157 e. The Labute approximate surface area is 74.9 Å². The Bertz CT molecular complexity index is 146. The molecule has 0 aromatic rings. The molecule has 2 aliphatic rings. The standard InChI is InChI=1S/C10H20N2/c11-10(4-2-5-10)7-9-3-1-6-12-8-9/h9,12H,1-8,11H2. The van der Waals surface area contributed by atoms with Crippen molar-refractivity contribution in [3.8, 4) is 0 Å². The average Bonchev–Trinajstić information content (AvgIpc) is 2.04. The van der Waals surface area contributed by atoms with Crippen molar-refractivity contribution in [2.75, 3.05) is 13.1 Å². The van der Waals surface area contributed by atoms with Crippen molar-refractivity contribution in [1.82, 2.24) is 5.32 Å². The molecular formula is C10H20N2. The zero-order valence-corrected chi connectivity index (χ0v) is 7.81. The second-order valence-electron chi connectivity index (χ2n) is 4.63. The summed E-state index contributed by atoms with van der Waals surface area (Å²) in [5.41, 5.74) is 6.45. The van der Waals surface area contributed by atoms with Crippen LogP contribution >= 0.6 is 0 Å². The molecule has 0 radical (unpaired) electrons. The number of rotatable bonds is 2. The highest BCUT2D eigenvalue weighted by molar-refractivity contribution is 4.94. The monoisotopic (exact) mass is 168 g/mol. The minimum absolute atomic E-state index is 0.240. The quantitative estimate of drug-likeness (QED) is 0.651. The fourth-order valence-electron chi connectivity index (χ4n) is 2.51. The van der Waals surface area contributed by atoms with Crippen LogP contribution in [-0.4, -0.2) is 18.6 Å². The number of hydrogen-bond acceptors (Lipinski definition) is 2. The second kappa shape index (κ2) is 3.35. The Morgan fingerprint density at radius 3 is 2.67 bits per heavy atom. The van der Waals surface area contributed by atoms with Gasteiger partial charge in [0.15, 0.2) is 0 Å². The van der Waals surface area contributed by atoms with Crippen molar-refractivity contribution in [2.24, 2.45) is 11.7 Å². The van der Waals surface area contributed by atoms with E-state index in [1.807, 2.05) is 0 Å². The normalized spacial score (nSPS) is 34.2. The van der Waals surface area contributed by atoms with Gasteiger partial charge in [-0.3, -0.25) is 0 Å². The Kier molecular flexibility index (Phi) is 2.37. The lowest BCUT2D eigenvalue weighted by Gasteiger charge is -2.41. The third-order valence-electron chi connectivity index (χ3n) is 3.44. The van der Waals surface area contributed by atoms with E-state index in [2.05, 4.69) is 5.32 Å².